The van der Waals surface area contributed by atoms with Gasteiger partial charge in [-0.1, -0.05) is 6.07 Å². The van der Waals surface area contributed by atoms with Gasteiger partial charge >= 0.3 is 6.09 Å². The maximum absolute atomic E-state index is 13.2. The standard InChI is InChI=1S/C27H40N4O4/c1-18(2)35-27(33)30-14-19(3)31(26(32)21-5-6-21)24-8-7-22(13-25(24)30)23-16-28(4)29(17-23)15-20-9-11-34-12-10-20/h7-8,13,18-21,23H,5-6,9-12,14-17H2,1-4H3/t19-,23?/m0/s1. The normalized spacial score (nSPS) is 26.3. The van der Waals surface area contributed by atoms with Gasteiger partial charge in [0.2, 0.25) is 5.91 Å². The van der Waals surface area contributed by atoms with E-state index in [0.717, 1.165) is 69.9 Å². The first-order valence-electron chi connectivity index (χ1n) is 13.3. The maximum atomic E-state index is 13.2. The van der Waals surface area contributed by atoms with Gasteiger partial charge in [0, 0.05) is 58.3 Å². The van der Waals surface area contributed by atoms with Crippen LogP contribution in [0.1, 0.15) is 57.9 Å². The molecule has 192 valence electrons. The number of anilines is 2. The zero-order chi connectivity index (χ0) is 24.7. The van der Waals surface area contributed by atoms with Crippen molar-refractivity contribution >= 4 is 23.4 Å². The highest BCUT2D eigenvalue weighted by atomic mass is 16.6. The van der Waals surface area contributed by atoms with Crippen LogP contribution in [-0.4, -0.2) is 80.6 Å². The summed E-state index contributed by atoms with van der Waals surface area (Å²) in [5.74, 6) is 1.34. The number of likely N-dealkylation sites (N-methyl/N-ethyl adjacent to an activating group) is 1. The Bertz CT molecular complexity index is 943. The molecule has 2 amide bonds. The first kappa shape index (κ1) is 24.5. The molecule has 3 aliphatic heterocycles. The molecular weight excluding hydrogens is 444 g/mol. The quantitative estimate of drug-likeness (QED) is 0.633. The van der Waals surface area contributed by atoms with Gasteiger partial charge in [-0.2, -0.15) is 0 Å². The highest BCUT2D eigenvalue weighted by Gasteiger charge is 2.42. The molecule has 1 saturated carbocycles. The number of hydrazine groups is 1. The molecule has 0 spiro atoms. The molecular formula is C27H40N4O4. The van der Waals surface area contributed by atoms with Crippen LogP contribution in [0.4, 0.5) is 16.2 Å². The van der Waals surface area contributed by atoms with E-state index in [4.69, 9.17) is 9.47 Å². The Morgan fingerprint density at radius 3 is 2.49 bits per heavy atom. The van der Waals surface area contributed by atoms with Crippen LogP contribution in [0.3, 0.4) is 0 Å². The first-order chi connectivity index (χ1) is 16.8. The summed E-state index contributed by atoms with van der Waals surface area (Å²) in [5, 5.41) is 4.81. The van der Waals surface area contributed by atoms with Gasteiger partial charge < -0.3 is 14.4 Å². The van der Waals surface area contributed by atoms with Crippen LogP contribution in [0, 0.1) is 11.8 Å². The van der Waals surface area contributed by atoms with E-state index in [-0.39, 0.29) is 30.1 Å². The molecule has 1 aliphatic carbocycles. The summed E-state index contributed by atoms with van der Waals surface area (Å²) < 4.78 is 11.1. The van der Waals surface area contributed by atoms with Crippen molar-refractivity contribution in [2.24, 2.45) is 11.8 Å². The molecule has 2 atom stereocenters. The third kappa shape index (κ3) is 5.20. The molecule has 0 bridgehead atoms. The lowest BCUT2D eigenvalue weighted by Crippen LogP contribution is -2.52. The van der Waals surface area contributed by atoms with E-state index in [2.05, 4.69) is 35.3 Å². The summed E-state index contributed by atoms with van der Waals surface area (Å²) in [5.41, 5.74) is 2.84. The van der Waals surface area contributed by atoms with Gasteiger partial charge in [0.05, 0.1) is 23.5 Å². The second-order valence-corrected chi connectivity index (χ2v) is 11.1. The molecule has 1 unspecified atom stereocenters. The molecule has 0 N–H and O–H groups in total. The average molecular weight is 485 g/mol. The number of hydrogen-bond donors (Lipinski definition) is 0. The Morgan fingerprint density at radius 2 is 1.80 bits per heavy atom. The Morgan fingerprint density at radius 1 is 1.06 bits per heavy atom. The molecule has 8 nitrogen and oxygen atoms in total. The van der Waals surface area contributed by atoms with Crippen molar-refractivity contribution in [1.82, 2.24) is 10.0 Å². The van der Waals surface area contributed by atoms with Crippen molar-refractivity contribution in [2.45, 2.75) is 64.5 Å². The van der Waals surface area contributed by atoms with Crippen molar-refractivity contribution in [1.29, 1.82) is 0 Å². The number of carbonyl (C=O) groups is 2. The van der Waals surface area contributed by atoms with Crippen LogP contribution in [-0.2, 0) is 14.3 Å². The van der Waals surface area contributed by atoms with E-state index >= 15 is 0 Å². The molecule has 8 heteroatoms. The molecule has 1 aromatic rings. The molecule has 0 radical (unpaired) electrons. The Labute approximate surface area is 209 Å². The topological polar surface area (TPSA) is 65.6 Å². The summed E-state index contributed by atoms with van der Waals surface area (Å²) in [6.45, 7) is 10.9. The van der Waals surface area contributed by atoms with E-state index in [0.29, 0.717) is 18.4 Å². The predicted molar refractivity (Wildman–Crippen MR) is 136 cm³/mol. The van der Waals surface area contributed by atoms with Gasteiger partial charge in [0.15, 0.2) is 0 Å². The van der Waals surface area contributed by atoms with Gasteiger partial charge in [-0.05, 0) is 70.1 Å². The number of fused-ring (bicyclic) bond motifs is 1. The third-order valence-electron chi connectivity index (χ3n) is 7.84. The van der Waals surface area contributed by atoms with Crippen LogP contribution in [0.25, 0.3) is 0 Å². The molecule has 5 rings (SSSR count). The minimum absolute atomic E-state index is 0.0891. The summed E-state index contributed by atoms with van der Waals surface area (Å²) in [6, 6.07) is 6.25. The van der Waals surface area contributed by atoms with Crippen molar-refractivity contribution in [3.63, 3.8) is 0 Å². The Kier molecular flexibility index (Phi) is 7.06. The van der Waals surface area contributed by atoms with Gasteiger partial charge in [-0.15, -0.1) is 0 Å². The maximum Gasteiger partial charge on any atom is 0.414 e. The fraction of sp³-hybridized carbons (Fsp3) is 0.704. The summed E-state index contributed by atoms with van der Waals surface area (Å²) in [4.78, 5) is 29.9. The van der Waals surface area contributed by atoms with Crippen LogP contribution in [0.5, 0.6) is 0 Å². The zero-order valence-electron chi connectivity index (χ0n) is 21.6. The average Bonchev–Trinajstić information content (AvgIpc) is 3.62. The Balaban J connectivity index is 1.40. The lowest BCUT2D eigenvalue weighted by Gasteiger charge is -2.41. The molecule has 4 aliphatic rings. The van der Waals surface area contributed by atoms with Gasteiger partial charge in [-0.3, -0.25) is 9.69 Å². The number of rotatable bonds is 5. The van der Waals surface area contributed by atoms with Crippen molar-refractivity contribution in [3.8, 4) is 0 Å². The molecule has 3 heterocycles. The first-order valence-corrected chi connectivity index (χ1v) is 13.3. The number of hydrogen-bond acceptors (Lipinski definition) is 6. The van der Waals surface area contributed by atoms with Crippen LogP contribution in [0.15, 0.2) is 18.2 Å². The molecule has 0 aromatic heterocycles. The number of carbonyl (C=O) groups excluding carboxylic acids is 2. The lowest BCUT2D eigenvalue weighted by molar-refractivity contribution is -0.120. The Hall–Kier alpha value is -2.16. The SMILES string of the molecule is CC(C)OC(=O)N1C[C@H](C)N(C(=O)C2CC2)c2ccc(C3CN(C)N(CC4CCOCC4)C3)cc21. The van der Waals surface area contributed by atoms with E-state index in [1.165, 1.54) is 5.56 Å². The van der Waals surface area contributed by atoms with E-state index in [1.54, 1.807) is 4.90 Å². The smallest absolute Gasteiger partial charge is 0.414 e. The number of amides is 2. The van der Waals surface area contributed by atoms with E-state index in [9.17, 15) is 9.59 Å². The second-order valence-electron chi connectivity index (χ2n) is 11.1. The third-order valence-corrected chi connectivity index (χ3v) is 7.84. The van der Waals surface area contributed by atoms with Gasteiger partial charge in [-0.25, -0.2) is 14.8 Å². The van der Waals surface area contributed by atoms with Gasteiger partial charge in [0.1, 0.15) is 0 Å². The van der Waals surface area contributed by atoms with Crippen LogP contribution >= 0.6 is 0 Å². The number of benzene rings is 1. The van der Waals surface area contributed by atoms with E-state index < -0.39 is 0 Å². The fourth-order valence-electron chi connectivity index (χ4n) is 5.73. The van der Waals surface area contributed by atoms with Crippen molar-refractivity contribution in [3.05, 3.63) is 23.8 Å². The molecule has 3 fully saturated rings. The highest BCUT2D eigenvalue weighted by molar-refractivity contribution is 6.04. The minimum atomic E-state index is -0.339. The minimum Gasteiger partial charge on any atom is -0.446 e. The van der Waals surface area contributed by atoms with E-state index in [1.807, 2.05) is 25.7 Å². The van der Waals surface area contributed by atoms with Crippen LogP contribution in [0.2, 0.25) is 0 Å². The summed E-state index contributed by atoms with van der Waals surface area (Å²) in [7, 11) is 2.17. The van der Waals surface area contributed by atoms with Crippen molar-refractivity contribution < 1.29 is 19.1 Å². The monoisotopic (exact) mass is 484 g/mol. The largest absolute Gasteiger partial charge is 0.446 e. The molecule has 1 aromatic carbocycles. The lowest BCUT2D eigenvalue weighted by atomic mass is 9.96. The van der Waals surface area contributed by atoms with Crippen LogP contribution < -0.4 is 9.80 Å². The van der Waals surface area contributed by atoms with Gasteiger partial charge in [0.25, 0.3) is 0 Å². The summed E-state index contributed by atoms with van der Waals surface area (Å²) in [6.07, 6.45) is 3.65. The second kappa shape index (κ2) is 10.1. The number of nitrogens with zero attached hydrogens (tertiary/aromatic N) is 4. The molecule has 2 saturated heterocycles. The fourth-order valence-corrected chi connectivity index (χ4v) is 5.73. The highest BCUT2D eigenvalue weighted by Crippen LogP contribution is 2.42. The summed E-state index contributed by atoms with van der Waals surface area (Å²) >= 11 is 0. The van der Waals surface area contributed by atoms with Crippen molar-refractivity contribution in [2.75, 3.05) is 56.2 Å². The zero-order valence-corrected chi connectivity index (χ0v) is 21.6. The molecule has 35 heavy (non-hydrogen) atoms. The predicted octanol–water partition coefficient (Wildman–Crippen LogP) is 3.86. The number of ether oxygens (including phenoxy) is 2.